The minimum absolute atomic E-state index is 0.399. The minimum atomic E-state index is 0.399. The number of ether oxygens (including phenoxy) is 3. The van der Waals surface area contributed by atoms with Gasteiger partial charge in [-0.1, -0.05) is 0 Å². The standard InChI is InChI=1S/C12H11N2O3/c1-15-10-6-5-9(8-11(10)16-2)17-12-4-3-7-13-14-12/h3-6,8H,1-2H3. The first-order chi connectivity index (χ1) is 8.33. The SMILES string of the molecule is COc1ccc(Oc2cc[c]nn2)cc1OC. The van der Waals surface area contributed by atoms with Gasteiger partial charge in [-0.25, -0.2) is 0 Å². The summed E-state index contributed by atoms with van der Waals surface area (Å²) in [5.41, 5.74) is 0. The van der Waals surface area contributed by atoms with Crippen LogP contribution in [-0.2, 0) is 0 Å². The van der Waals surface area contributed by atoms with Gasteiger partial charge in [0.05, 0.1) is 14.2 Å². The van der Waals surface area contributed by atoms with Crippen molar-refractivity contribution >= 4 is 0 Å². The molecule has 1 heterocycles. The fourth-order valence-electron chi connectivity index (χ4n) is 1.31. The summed E-state index contributed by atoms with van der Waals surface area (Å²) >= 11 is 0. The number of aromatic nitrogens is 2. The Morgan fingerprint density at radius 3 is 2.53 bits per heavy atom. The maximum Gasteiger partial charge on any atom is 0.238 e. The quantitative estimate of drug-likeness (QED) is 0.806. The van der Waals surface area contributed by atoms with E-state index < -0.39 is 0 Å². The van der Waals surface area contributed by atoms with E-state index in [2.05, 4.69) is 16.4 Å². The molecule has 0 N–H and O–H groups in total. The molecule has 0 saturated carbocycles. The number of hydrogen-bond acceptors (Lipinski definition) is 5. The van der Waals surface area contributed by atoms with Crippen molar-refractivity contribution in [1.29, 1.82) is 0 Å². The Kier molecular flexibility index (Phi) is 3.40. The Hall–Kier alpha value is -2.30. The van der Waals surface area contributed by atoms with E-state index in [1.807, 2.05) is 0 Å². The van der Waals surface area contributed by atoms with Gasteiger partial charge in [0.25, 0.3) is 0 Å². The van der Waals surface area contributed by atoms with Crippen molar-refractivity contribution in [1.82, 2.24) is 10.2 Å². The van der Waals surface area contributed by atoms with Gasteiger partial charge in [-0.3, -0.25) is 0 Å². The summed E-state index contributed by atoms with van der Waals surface area (Å²) in [6.45, 7) is 0. The van der Waals surface area contributed by atoms with E-state index in [1.165, 1.54) is 0 Å². The third-order valence-corrected chi connectivity index (χ3v) is 2.08. The van der Waals surface area contributed by atoms with E-state index in [9.17, 15) is 0 Å². The van der Waals surface area contributed by atoms with Gasteiger partial charge in [0.15, 0.2) is 11.5 Å². The Bertz CT molecular complexity index is 488. The Balaban J connectivity index is 2.22. The smallest absolute Gasteiger partial charge is 0.238 e. The molecule has 0 spiro atoms. The van der Waals surface area contributed by atoms with Crippen molar-refractivity contribution in [3.8, 4) is 23.1 Å². The van der Waals surface area contributed by atoms with Crippen LogP contribution in [0.5, 0.6) is 23.1 Å². The number of nitrogens with zero attached hydrogens (tertiary/aromatic N) is 2. The van der Waals surface area contributed by atoms with Crippen LogP contribution in [0.15, 0.2) is 30.3 Å². The van der Waals surface area contributed by atoms with Crippen LogP contribution in [0.25, 0.3) is 0 Å². The first-order valence-corrected chi connectivity index (χ1v) is 4.93. The molecule has 17 heavy (non-hydrogen) atoms. The molecule has 1 radical (unpaired) electrons. The van der Waals surface area contributed by atoms with Crippen LogP contribution in [0.3, 0.4) is 0 Å². The zero-order valence-corrected chi connectivity index (χ0v) is 9.51. The highest BCUT2D eigenvalue weighted by Crippen LogP contribution is 2.32. The second-order valence-electron chi connectivity index (χ2n) is 3.12. The van der Waals surface area contributed by atoms with Crippen LogP contribution in [0.4, 0.5) is 0 Å². The predicted octanol–water partition coefficient (Wildman–Crippen LogP) is 2.09. The van der Waals surface area contributed by atoms with Crippen molar-refractivity contribution in [2.75, 3.05) is 14.2 Å². The van der Waals surface area contributed by atoms with Crippen LogP contribution in [-0.4, -0.2) is 24.4 Å². The molecule has 0 aliphatic rings. The molecule has 0 bridgehead atoms. The van der Waals surface area contributed by atoms with Crippen molar-refractivity contribution in [2.24, 2.45) is 0 Å². The number of rotatable bonds is 4. The normalized spacial score (nSPS) is 9.76. The summed E-state index contributed by atoms with van der Waals surface area (Å²) in [6, 6.07) is 8.54. The molecule has 2 aromatic rings. The highest BCUT2D eigenvalue weighted by Gasteiger charge is 2.06. The molecule has 5 nitrogen and oxygen atoms in total. The molecule has 0 aliphatic heterocycles. The highest BCUT2D eigenvalue weighted by molar-refractivity contribution is 5.46. The van der Waals surface area contributed by atoms with E-state index in [0.717, 1.165) is 0 Å². The van der Waals surface area contributed by atoms with E-state index in [-0.39, 0.29) is 0 Å². The Morgan fingerprint density at radius 1 is 1.06 bits per heavy atom. The molecule has 1 aromatic heterocycles. The van der Waals surface area contributed by atoms with Gasteiger partial charge in [0, 0.05) is 12.1 Å². The molecule has 0 fully saturated rings. The van der Waals surface area contributed by atoms with Gasteiger partial charge in [-0.05, 0) is 18.2 Å². The maximum absolute atomic E-state index is 5.49. The maximum atomic E-state index is 5.49. The first-order valence-electron chi connectivity index (χ1n) is 4.93. The summed E-state index contributed by atoms with van der Waals surface area (Å²) in [4.78, 5) is 0. The lowest BCUT2D eigenvalue weighted by atomic mass is 10.3. The zero-order chi connectivity index (χ0) is 12.1. The third kappa shape index (κ3) is 2.63. The van der Waals surface area contributed by atoms with Gasteiger partial charge in [-0.2, -0.15) is 0 Å². The molecule has 0 saturated heterocycles. The van der Waals surface area contributed by atoms with Crippen molar-refractivity contribution < 1.29 is 14.2 Å². The molecule has 2 rings (SSSR count). The summed E-state index contributed by atoms with van der Waals surface area (Å²) in [6.07, 6.45) is 2.57. The van der Waals surface area contributed by atoms with Crippen LogP contribution in [0.2, 0.25) is 0 Å². The van der Waals surface area contributed by atoms with E-state index in [0.29, 0.717) is 23.1 Å². The Labute approximate surface area is 99.0 Å². The van der Waals surface area contributed by atoms with Crippen LogP contribution in [0.1, 0.15) is 0 Å². The molecule has 0 atom stereocenters. The molecule has 87 valence electrons. The monoisotopic (exact) mass is 231 g/mol. The van der Waals surface area contributed by atoms with Gasteiger partial charge in [0.1, 0.15) is 11.9 Å². The van der Waals surface area contributed by atoms with Gasteiger partial charge in [0.2, 0.25) is 5.88 Å². The second kappa shape index (κ2) is 5.16. The number of methoxy groups -OCH3 is 2. The topological polar surface area (TPSA) is 53.5 Å². The summed E-state index contributed by atoms with van der Waals surface area (Å²) < 4.78 is 15.8. The molecular formula is C12H11N2O3. The lowest BCUT2D eigenvalue weighted by Gasteiger charge is -2.09. The van der Waals surface area contributed by atoms with Gasteiger partial charge in [-0.15, -0.1) is 10.2 Å². The van der Waals surface area contributed by atoms with Crippen molar-refractivity contribution in [2.45, 2.75) is 0 Å². The molecule has 0 amide bonds. The van der Waals surface area contributed by atoms with E-state index in [1.54, 1.807) is 44.6 Å². The van der Waals surface area contributed by atoms with Crippen LogP contribution in [0, 0.1) is 6.20 Å². The molecule has 5 heteroatoms. The molecule has 0 unspecified atom stereocenters. The molecule has 0 aliphatic carbocycles. The summed E-state index contributed by atoms with van der Waals surface area (Å²) in [5, 5.41) is 7.37. The van der Waals surface area contributed by atoms with Gasteiger partial charge >= 0.3 is 0 Å². The summed E-state index contributed by atoms with van der Waals surface area (Å²) in [5.74, 6) is 2.24. The van der Waals surface area contributed by atoms with Crippen LogP contribution < -0.4 is 14.2 Å². The second-order valence-corrected chi connectivity index (χ2v) is 3.12. The highest BCUT2D eigenvalue weighted by atomic mass is 16.5. The minimum Gasteiger partial charge on any atom is -0.493 e. The predicted molar refractivity (Wildman–Crippen MR) is 60.5 cm³/mol. The molecule has 1 aromatic carbocycles. The third-order valence-electron chi connectivity index (χ3n) is 2.08. The fourth-order valence-corrected chi connectivity index (χ4v) is 1.31. The Morgan fingerprint density at radius 2 is 1.88 bits per heavy atom. The molecular weight excluding hydrogens is 220 g/mol. The summed E-state index contributed by atoms with van der Waals surface area (Å²) in [7, 11) is 3.15. The van der Waals surface area contributed by atoms with Crippen molar-refractivity contribution in [3.63, 3.8) is 0 Å². The van der Waals surface area contributed by atoms with E-state index >= 15 is 0 Å². The van der Waals surface area contributed by atoms with Gasteiger partial charge < -0.3 is 14.2 Å². The fraction of sp³-hybridized carbons (Fsp3) is 0.167. The lowest BCUT2D eigenvalue weighted by molar-refractivity contribution is 0.351. The lowest BCUT2D eigenvalue weighted by Crippen LogP contribution is -1.93. The van der Waals surface area contributed by atoms with E-state index in [4.69, 9.17) is 14.2 Å². The first kappa shape index (κ1) is 11.2. The number of benzene rings is 1. The van der Waals surface area contributed by atoms with Crippen LogP contribution >= 0.6 is 0 Å². The van der Waals surface area contributed by atoms with Crippen molar-refractivity contribution in [3.05, 3.63) is 36.5 Å². The largest absolute Gasteiger partial charge is 0.493 e. The average molecular weight is 231 g/mol. The number of hydrogen-bond donors (Lipinski definition) is 0. The average Bonchev–Trinajstić information content (AvgIpc) is 2.40. The zero-order valence-electron chi connectivity index (χ0n) is 9.51.